The Balaban J connectivity index is 1.91. The number of aliphatic hydroxyl groups is 1. The van der Waals surface area contributed by atoms with E-state index in [4.69, 9.17) is 4.74 Å². The Hall–Kier alpha value is -1.86. The highest BCUT2D eigenvalue weighted by molar-refractivity contribution is 7.89. The molecular weight excluding hydrogens is 426 g/mol. The second-order valence-electron chi connectivity index (χ2n) is 10.2. The zero-order chi connectivity index (χ0) is 23.9. The number of hydrogen-bond acceptors (Lipinski definition) is 5. The molecule has 0 heterocycles. The van der Waals surface area contributed by atoms with Crippen molar-refractivity contribution in [2.45, 2.75) is 64.9 Å². The van der Waals surface area contributed by atoms with Crippen LogP contribution >= 0.6 is 0 Å². The molecule has 7 heteroatoms. The molecule has 0 spiro atoms. The van der Waals surface area contributed by atoms with E-state index in [2.05, 4.69) is 26.8 Å². The Morgan fingerprint density at radius 1 is 1.28 bits per heavy atom. The molecule has 2 aliphatic carbocycles. The van der Waals surface area contributed by atoms with Crippen LogP contribution in [0.5, 0.6) is 0 Å². The number of allylic oxidation sites excluding steroid dienone is 1. The van der Waals surface area contributed by atoms with E-state index in [0.29, 0.717) is 11.8 Å². The number of fused-ring (bicyclic) bond motifs is 1. The molecule has 2 aliphatic rings. The summed E-state index contributed by atoms with van der Waals surface area (Å²) in [6.07, 6.45) is 5.68. The third-order valence-electron chi connectivity index (χ3n) is 8.15. The fourth-order valence-electron chi connectivity index (χ4n) is 6.33. The van der Waals surface area contributed by atoms with Crippen LogP contribution in [0.15, 0.2) is 41.3 Å². The van der Waals surface area contributed by atoms with Gasteiger partial charge >= 0.3 is 6.09 Å². The molecule has 2 fully saturated rings. The highest BCUT2D eigenvalue weighted by Gasteiger charge is 2.61. The van der Waals surface area contributed by atoms with Crippen molar-refractivity contribution in [3.05, 3.63) is 42.0 Å². The van der Waals surface area contributed by atoms with Crippen molar-refractivity contribution in [2.24, 2.45) is 28.6 Å². The van der Waals surface area contributed by atoms with Gasteiger partial charge in [0.25, 0.3) is 10.0 Å². The van der Waals surface area contributed by atoms with Crippen molar-refractivity contribution in [2.75, 3.05) is 13.7 Å². The Bertz CT molecular complexity index is 967. The molecule has 0 bridgehead atoms. The van der Waals surface area contributed by atoms with E-state index in [0.717, 1.165) is 29.1 Å². The lowest BCUT2D eigenvalue weighted by Crippen LogP contribution is -2.37. The number of benzene rings is 1. The molecular formula is C25H37NO5S. The minimum atomic E-state index is -4.04. The van der Waals surface area contributed by atoms with Crippen LogP contribution in [0, 0.1) is 35.5 Å². The molecule has 178 valence electrons. The Labute approximate surface area is 192 Å². The summed E-state index contributed by atoms with van der Waals surface area (Å²) in [5.41, 5.74) is 0.810. The number of carbonyl (C=O) groups excluding carboxylic acids is 1. The average Bonchev–Trinajstić information content (AvgIpc) is 3.17. The lowest BCUT2D eigenvalue weighted by molar-refractivity contribution is 0.0484. The van der Waals surface area contributed by atoms with Crippen LogP contribution in [0.3, 0.4) is 0 Å². The highest BCUT2D eigenvalue weighted by atomic mass is 32.2. The van der Waals surface area contributed by atoms with Crippen LogP contribution in [0.25, 0.3) is 0 Å². The lowest BCUT2D eigenvalue weighted by Gasteiger charge is -2.36. The number of hydrogen-bond donors (Lipinski definition) is 1. The predicted octanol–water partition coefficient (Wildman–Crippen LogP) is 4.77. The SMILES string of the molecule is COC(=O)N(C/C=C/[C@@]12C[C@@H]([C@H](C)O)C(C)(C)C1CC[C@H]2C)S(=O)(=O)c1ccc(C)cc1. The van der Waals surface area contributed by atoms with Crippen molar-refractivity contribution in [3.63, 3.8) is 0 Å². The van der Waals surface area contributed by atoms with Gasteiger partial charge < -0.3 is 9.84 Å². The van der Waals surface area contributed by atoms with Crippen molar-refractivity contribution < 1.29 is 23.1 Å². The maximum Gasteiger partial charge on any atom is 0.423 e. The van der Waals surface area contributed by atoms with Crippen LogP contribution in [-0.2, 0) is 14.8 Å². The second-order valence-corrected chi connectivity index (χ2v) is 12.1. The topological polar surface area (TPSA) is 83.9 Å². The van der Waals surface area contributed by atoms with Gasteiger partial charge in [-0.3, -0.25) is 0 Å². The number of nitrogens with zero attached hydrogens (tertiary/aromatic N) is 1. The second kappa shape index (κ2) is 8.82. The minimum Gasteiger partial charge on any atom is -0.452 e. The molecule has 2 saturated carbocycles. The first-order valence-corrected chi connectivity index (χ1v) is 12.8. The number of carbonyl (C=O) groups is 1. The van der Waals surface area contributed by atoms with E-state index >= 15 is 0 Å². The third-order valence-corrected chi connectivity index (χ3v) is 9.90. The third kappa shape index (κ3) is 4.10. The molecule has 0 aromatic heterocycles. The summed E-state index contributed by atoms with van der Waals surface area (Å²) in [7, 11) is -2.86. The molecule has 1 N–H and O–H groups in total. The normalized spacial score (nSPS) is 30.3. The molecule has 1 aromatic carbocycles. The summed E-state index contributed by atoms with van der Waals surface area (Å²) in [6.45, 7) is 10.4. The molecule has 0 aliphatic heterocycles. The Kier molecular flexibility index (Phi) is 6.83. The Morgan fingerprint density at radius 3 is 2.47 bits per heavy atom. The van der Waals surface area contributed by atoms with Crippen molar-refractivity contribution in [3.8, 4) is 0 Å². The van der Waals surface area contributed by atoms with Gasteiger partial charge in [-0.25, -0.2) is 13.2 Å². The number of sulfonamides is 1. The van der Waals surface area contributed by atoms with E-state index in [1.54, 1.807) is 18.2 Å². The van der Waals surface area contributed by atoms with Crippen molar-refractivity contribution >= 4 is 16.1 Å². The monoisotopic (exact) mass is 463 g/mol. The number of methoxy groups -OCH3 is 1. The molecule has 1 unspecified atom stereocenters. The summed E-state index contributed by atoms with van der Waals surface area (Å²) in [6, 6.07) is 6.42. The number of aryl methyl sites for hydroxylation is 1. The van der Waals surface area contributed by atoms with Gasteiger partial charge in [0.15, 0.2) is 0 Å². The van der Waals surface area contributed by atoms with E-state index < -0.39 is 22.2 Å². The number of ether oxygens (including phenoxy) is 1. The van der Waals surface area contributed by atoms with Crippen LogP contribution in [0.1, 0.15) is 52.5 Å². The quantitative estimate of drug-likeness (QED) is 0.615. The summed E-state index contributed by atoms with van der Waals surface area (Å²) >= 11 is 0. The molecule has 6 nitrogen and oxygen atoms in total. The Morgan fingerprint density at radius 2 is 1.91 bits per heavy atom. The van der Waals surface area contributed by atoms with Crippen LogP contribution in [0.4, 0.5) is 4.79 Å². The first-order valence-electron chi connectivity index (χ1n) is 11.4. The zero-order valence-electron chi connectivity index (χ0n) is 20.0. The summed E-state index contributed by atoms with van der Waals surface area (Å²) in [5.74, 6) is 1.00. The molecule has 1 amide bonds. The maximum absolute atomic E-state index is 13.2. The number of aliphatic hydroxyl groups excluding tert-OH is 1. The first-order chi connectivity index (χ1) is 14.9. The van der Waals surface area contributed by atoms with Crippen molar-refractivity contribution in [1.29, 1.82) is 0 Å². The number of rotatable bonds is 6. The largest absolute Gasteiger partial charge is 0.452 e. The average molecular weight is 464 g/mol. The van der Waals surface area contributed by atoms with Gasteiger partial charge in [-0.15, -0.1) is 0 Å². The van der Waals surface area contributed by atoms with Gasteiger partial charge in [0.1, 0.15) is 0 Å². The van der Waals surface area contributed by atoms with Gasteiger partial charge in [0.2, 0.25) is 0 Å². The van der Waals surface area contributed by atoms with E-state index in [9.17, 15) is 18.3 Å². The van der Waals surface area contributed by atoms with Gasteiger partial charge in [-0.2, -0.15) is 4.31 Å². The lowest BCUT2D eigenvalue weighted by atomic mass is 9.68. The molecule has 3 rings (SSSR count). The van der Waals surface area contributed by atoms with E-state index in [-0.39, 0.29) is 28.2 Å². The summed E-state index contributed by atoms with van der Waals surface area (Å²) < 4.78 is 31.9. The first kappa shape index (κ1) is 24.8. The standard InChI is InChI=1S/C25H37NO5S/c1-17-8-11-20(12-9-17)32(29,30)26(23(28)31-6)15-7-14-25-16-21(19(3)27)24(4,5)22(25)13-10-18(25)2/h7-9,11-12,14,18-19,21-22,27H,10,13,15-16H2,1-6H3/b14-7+/t18-,19+,21+,22?,25+/m1/s1. The zero-order valence-corrected chi connectivity index (χ0v) is 20.9. The summed E-state index contributed by atoms with van der Waals surface area (Å²) in [5, 5.41) is 10.4. The van der Waals surface area contributed by atoms with E-state index in [1.165, 1.54) is 19.2 Å². The number of amides is 1. The molecule has 1 aromatic rings. The van der Waals surface area contributed by atoms with Gasteiger partial charge in [0.05, 0.1) is 24.7 Å². The fraction of sp³-hybridized carbons (Fsp3) is 0.640. The van der Waals surface area contributed by atoms with Crippen LogP contribution in [-0.4, -0.2) is 43.7 Å². The van der Waals surface area contributed by atoms with Crippen molar-refractivity contribution in [1.82, 2.24) is 4.31 Å². The molecule has 0 saturated heterocycles. The van der Waals surface area contributed by atoms with Crippen LogP contribution in [0.2, 0.25) is 0 Å². The van der Waals surface area contributed by atoms with Gasteiger partial charge in [0, 0.05) is 0 Å². The minimum absolute atomic E-state index is 0.0146. The molecule has 32 heavy (non-hydrogen) atoms. The van der Waals surface area contributed by atoms with Gasteiger partial charge in [-0.1, -0.05) is 50.6 Å². The summed E-state index contributed by atoms with van der Waals surface area (Å²) in [4.78, 5) is 12.5. The maximum atomic E-state index is 13.2. The van der Waals surface area contributed by atoms with Crippen LogP contribution < -0.4 is 0 Å². The molecule has 0 radical (unpaired) electrons. The smallest absolute Gasteiger partial charge is 0.423 e. The predicted molar refractivity (Wildman–Crippen MR) is 125 cm³/mol. The molecule has 5 atom stereocenters. The highest BCUT2D eigenvalue weighted by Crippen LogP contribution is 2.67. The van der Waals surface area contributed by atoms with Gasteiger partial charge in [-0.05, 0) is 73.8 Å². The van der Waals surface area contributed by atoms with E-state index in [1.807, 2.05) is 13.8 Å². The fourth-order valence-corrected chi connectivity index (χ4v) is 7.61.